The number of hydrogen-bond donors (Lipinski definition) is 1. The van der Waals surface area contributed by atoms with Gasteiger partial charge in [-0.2, -0.15) is 23.1 Å². The molecule has 50 heavy (non-hydrogen) atoms. The Hall–Kier alpha value is -3.77. The first kappa shape index (κ1) is 34.7. The summed E-state index contributed by atoms with van der Waals surface area (Å²) < 4.78 is 100. The van der Waals surface area contributed by atoms with Crippen molar-refractivity contribution in [1.29, 1.82) is 0 Å². The van der Waals surface area contributed by atoms with Crippen LogP contribution in [0, 0.1) is 30.6 Å². The van der Waals surface area contributed by atoms with Crippen LogP contribution in [0.25, 0.3) is 27.0 Å². The van der Waals surface area contributed by atoms with Gasteiger partial charge in [0.05, 0.1) is 45.8 Å². The molecule has 4 heterocycles. The lowest BCUT2D eigenvalue weighted by Gasteiger charge is -2.44. The topological polar surface area (TPSA) is 94.0 Å². The molecule has 4 aliphatic rings. The van der Waals surface area contributed by atoms with Gasteiger partial charge in [-0.1, -0.05) is 18.0 Å². The number of benzene rings is 1. The van der Waals surface area contributed by atoms with E-state index in [1.165, 1.54) is 6.92 Å². The molecule has 9 nitrogen and oxygen atoms in total. The average Bonchev–Trinajstić information content (AvgIpc) is 3.73. The number of pyridine rings is 1. The first-order chi connectivity index (χ1) is 23.7. The van der Waals surface area contributed by atoms with Crippen LogP contribution in [0.4, 0.5) is 38.0 Å². The molecule has 2 aliphatic carbocycles. The number of nitrogen functional groups attached to an aromatic ring is 1. The van der Waals surface area contributed by atoms with E-state index >= 15 is 4.39 Å². The molecule has 0 bridgehead atoms. The quantitative estimate of drug-likeness (QED) is 0.188. The van der Waals surface area contributed by atoms with Gasteiger partial charge in [-0.25, -0.2) is 24.7 Å². The van der Waals surface area contributed by atoms with E-state index in [9.17, 15) is 22.0 Å². The molecular formula is C34H36ClF6N7O2. The van der Waals surface area contributed by atoms with E-state index < -0.39 is 64.3 Å². The zero-order valence-corrected chi connectivity index (χ0v) is 28.2. The number of halogens is 7. The van der Waals surface area contributed by atoms with Gasteiger partial charge in [0.1, 0.15) is 23.8 Å². The highest BCUT2D eigenvalue weighted by molar-refractivity contribution is 6.36. The number of anilines is 2. The van der Waals surface area contributed by atoms with Crippen molar-refractivity contribution < 1.29 is 35.8 Å². The number of rotatable bonds is 8. The zero-order chi connectivity index (χ0) is 35.7. The van der Waals surface area contributed by atoms with E-state index in [1.807, 2.05) is 0 Å². The number of likely N-dealkylation sites (tertiary alicyclic amines) is 1. The number of alkyl halides is 5. The molecule has 16 heteroatoms. The Kier molecular flexibility index (Phi) is 8.86. The number of ether oxygens (including phenoxy) is 2. The number of fused-ring (bicyclic) bond motifs is 1. The van der Waals surface area contributed by atoms with E-state index in [4.69, 9.17) is 33.4 Å². The highest BCUT2D eigenvalue weighted by Gasteiger charge is 2.53. The SMILES string of the molecule is [C-]#[N+]C1CC1C1COc2c(Cl)c(-c3nc(N)cc(C)c3C(F)(F)F)c(F)c3nc(OC[C@@]45CCC[C@H]4N(C)CCC5)nc(c23)N1CCC(F)F. The highest BCUT2D eigenvalue weighted by Crippen LogP contribution is 2.53. The van der Waals surface area contributed by atoms with Crippen LogP contribution in [0.3, 0.4) is 0 Å². The molecule has 7 rings (SSSR count). The molecule has 1 saturated heterocycles. The van der Waals surface area contributed by atoms with Crippen molar-refractivity contribution in [3.8, 4) is 23.0 Å². The lowest BCUT2D eigenvalue weighted by atomic mass is 9.76. The smallest absolute Gasteiger partial charge is 0.418 e. The van der Waals surface area contributed by atoms with Crippen molar-refractivity contribution in [3.05, 3.63) is 39.5 Å². The van der Waals surface area contributed by atoms with E-state index in [-0.39, 0.29) is 71.5 Å². The lowest BCUT2D eigenvalue weighted by molar-refractivity contribution is -0.137. The van der Waals surface area contributed by atoms with Gasteiger partial charge in [-0.05, 0) is 57.8 Å². The van der Waals surface area contributed by atoms with Crippen LogP contribution >= 0.6 is 11.6 Å². The lowest BCUT2D eigenvalue weighted by Crippen LogP contribution is -2.50. The molecule has 2 saturated carbocycles. The minimum atomic E-state index is -4.97. The van der Waals surface area contributed by atoms with Crippen LogP contribution in [0.15, 0.2) is 6.07 Å². The molecule has 2 aromatic heterocycles. The Labute approximate surface area is 289 Å². The molecule has 268 valence electrons. The first-order valence-corrected chi connectivity index (χ1v) is 17.1. The Morgan fingerprint density at radius 3 is 2.68 bits per heavy atom. The average molecular weight is 724 g/mol. The van der Waals surface area contributed by atoms with Crippen LogP contribution in [0.1, 0.15) is 56.1 Å². The van der Waals surface area contributed by atoms with E-state index in [0.717, 1.165) is 44.7 Å². The molecule has 1 aromatic carbocycles. The third-order valence-electron chi connectivity index (χ3n) is 10.9. The second kappa shape index (κ2) is 12.8. The van der Waals surface area contributed by atoms with Crippen LogP contribution in [0.5, 0.6) is 11.8 Å². The minimum Gasteiger partial charge on any atom is -0.489 e. The fourth-order valence-corrected chi connectivity index (χ4v) is 8.84. The van der Waals surface area contributed by atoms with E-state index in [2.05, 4.69) is 31.7 Å². The summed E-state index contributed by atoms with van der Waals surface area (Å²) in [6, 6.07) is -0.0231. The summed E-state index contributed by atoms with van der Waals surface area (Å²) in [6.45, 7) is 9.49. The van der Waals surface area contributed by atoms with Gasteiger partial charge in [-0.3, -0.25) is 0 Å². The fourth-order valence-electron chi connectivity index (χ4n) is 8.51. The van der Waals surface area contributed by atoms with Crippen LogP contribution in [0.2, 0.25) is 5.02 Å². The second-order valence-corrected chi connectivity index (χ2v) is 14.3. The molecular weight excluding hydrogens is 688 g/mol. The van der Waals surface area contributed by atoms with Crippen molar-refractivity contribution in [2.75, 3.05) is 44.0 Å². The third kappa shape index (κ3) is 5.91. The molecule has 3 fully saturated rings. The zero-order valence-electron chi connectivity index (χ0n) is 27.5. The van der Waals surface area contributed by atoms with Gasteiger partial charge < -0.3 is 29.9 Å². The number of piperidine rings is 1. The van der Waals surface area contributed by atoms with E-state index in [0.29, 0.717) is 6.42 Å². The summed E-state index contributed by atoms with van der Waals surface area (Å²) in [7, 11) is 2.07. The molecule has 0 amide bonds. The summed E-state index contributed by atoms with van der Waals surface area (Å²) in [4.78, 5) is 20.5. The predicted molar refractivity (Wildman–Crippen MR) is 175 cm³/mol. The number of hydrogen-bond acceptors (Lipinski definition) is 8. The molecule has 5 atom stereocenters. The van der Waals surface area contributed by atoms with Gasteiger partial charge >= 0.3 is 12.2 Å². The summed E-state index contributed by atoms with van der Waals surface area (Å²) >= 11 is 6.79. The summed E-state index contributed by atoms with van der Waals surface area (Å²) in [5.74, 6) is -2.05. The minimum absolute atomic E-state index is 0.000116. The van der Waals surface area contributed by atoms with Gasteiger partial charge in [0.15, 0.2) is 11.6 Å². The number of aryl methyl sites for hydroxylation is 1. The Balaban J connectivity index is 1.45. The van der Waals surface area contributed by atoms with Gasteiger partial charge in [0.2, 0.25) is 12.5 Å². The summed E-state index contributed by atoms with van der Waals surface area (Å²) in [6.07, 6.45) is -3.01. The largest absolute Gasteiger partial charge is 0.489 e. The maximum Gasteiger partial charge on any atom is 0.418 e. The molecule has 2 aliphatic heterocycles. The molecule has 0 radical (unpaired) electrons. The standard InChI is InChI=1S/C34H36ClF6N7O2/c1-16-12-22(42)44-28(25(16)34(39,40)41)23-26(35)30-24-29(27(23)38)45-32(50-15-33-8-4-6-20(33)47(3)10-5-9-33)46-31(24)48(11-7-21(36)37)19(14-49-30)17-13-18(17)43-2/h12,17-21H,4-11,13-15H2,1,3H3,(H2,42,44)/t17?,18?,19?,20-,33+/m1/s1. The van der Waals surface area contributed by atoms with Gasteiger partial charge in [0.25, 0.3) is 0 Å². The maximum absolute atomic E-state index is 17.0. The monoisotopic (exact) mass is 723 g/mol. The number of nitrogens with two attached hydrogens (primary N) is 1. The first-order valence-electron chi connectivity index (χ1n) is 16.7. The van der Waals surface area contributed by atoms with E-state index in [1.54, 1.807) is 4.90 Å². The van der Waals surface area contributed by atoms with Gasteiger partial charge in [0, 0.05) is 30.8 Å². The van der Waals surface area contributed by atoms with Crippen molar-refractivity contribution in [3.63, 3.8) is 0 Å². The van der Waals surface area contributed by atoms with Crippen molar-refractivity contribution in [1.82, 2.24) is 19.9 Å². The van der Waals surface area contributed by atoms with Crippen LogP contribution < -0.4 is 20.1 Å². The number of aromatic nitrogens is 3. The van der Waals surface area contributed by atoms with Crippen molar-refractivity contribution >= 4 is 34.1 Å². The predicted octanol–water partition coefficient (Wildman–Crippen LogP) is 7.57. The summed E-state index contributed by atoms with van der Waals surface area (Å²) in [5, 5.41) is -0.620. The fraction of sp³-hybridized carbons (Fsp3) is 0.588. The van der Waals surface area contributed by atoms with Crippen LogP contribution in [-0.4, -0.2) is 77.8 Å². The Bertz CT molecular complexity index is 1870. The maximum atomic E-state index is 17.0. The number of nitrogens with zero attached hydrogens (tertiary/aromatic N) is 6. The Morgan fingerprint density at radius 1 is 1.22 bits per heavy atom. The molecule has 0 spiro atoms. The third-order valence-corrected chi connectivity index (χ3v) is 11.2. The van der Waals surface area contributed by atoms with Crippen molar-refractivity contribution in [2.24, 2.45) is 11.3 Å². The van der Waals surface area contributed by atoms with Gasteiger partial charge in [-0.15, -0.1) is 0 Å². The normalized spacial score (nSPS) is 26.5. The Morgan fingerprint density at radius 2 is 1.98 bits per heavy atom. The molecule has 3 aromatic rings. The summed E-state index contributed by atoms with van der Waals surface area (Å²) in [5.41, 5.74) is 2.11. The molecule has 3 unspecified atom stereocenters. The second-order valence-electron chi connectivity index (χ2n) is 14.0. The molecule has 2 N–H and O–H groups in total. The van der Waals surface area contributed by atoms with Crippen molar-refractivity contribution in [2.45, 2.75) is 82.6 Å². The van der Waals surface area contributed by atoms with Crippen LogP contribution in [-0.2, 0) is 6.18 Å². The highest BCUT2D eigenvalue weighted by atomic mass is 35.5.